The first-order chi connectivity index (χ1) is 19.2. The van der Waals surface area contributed by atoms with E-state index in [0.717, 1.165) is 16.8 Å². The molecule has 4 rings (SSSR count). The molecule has 1 fully saturated rings. The second-order valence-corrected chi connectivity index (χ2v) is 10.4. The number of amides is 3. The standard InChI is InChI=1S/C32H38N4O4/c1-24(37)35-20-18-32(19-21-35,31(39)33-22-25-8-6-5-7-9-25)36(23-26-10-14-28(15-11-26)34(2)3)30(38)27-12-16-29(40-4)17-13-27/h5-17H,18-23H2,1-4H3,(H,33,39). The lowest BCUT2D eigenvalue weighted by Crippen LogP contribution is -2.64. The summed E-state index contributed by atoms with van der Waals surface area (Å²) in [6.07, 6.45) is 0.676. The van der Waals surface area contributed by atoms with Crippen molar-refractivity contribution in [3.05, 3.63) is 95.6 Å². The Morgan fingerprint density at radius 3 is 2.05 bits per heavy atom. The number of nitrogens with zero attached hydrogens (tertiary/aromatic N) is 3. The monoisotopic (exact) mass is 542 g/mol. The maximum absolute atomic E-state index is 14.2. The van der Waals surface area contributed by atoms with Crippen LogP contribution >= 0.6 is 0 Å². The van der Waals surface area contributed by atoms with Crippen LogP contribution in [0.1, 0.15) is 41.3 Å². The molecule has 0 radical (unpaired) electrons. The molecule has 0 unspecified atom stereocenters. The highest BCUT2D eigenvalue weighted by Crippen LogP contribution is 2.33. The van der Waals surface area contributed by atoms with E-state index < -0.39 is 5.54 Å². The minimum absolute atomic E-state index is 0.0365. The average Bonchev–Trinajstić information content (AvgIpc) is 2.99. The summed E-state index contributed by atoms with van der Waals surface area (Å²) in [4.78, 5) is 46.0. The zero-order valence-corrected chi connectivity index (χ0v) is 23.7. The van der Waals surface area contributed by atoms with E-state index in [1.807, 2.05) is 73.6 Å². The summed E-state index contributed by atoms with van der Waals surface area (Å²) < 4.78 is 5.29. The Bertz CT molecular complexity index is 1300. The van der Waals surface area contributed by atoms with E-state index in [9.17, 15) is 14.4 Å². The van der Waals surface area contributed by atoms with Crippen molar-refractivity contribution < 1.29 is 19.1 Å². The van der Waals surface area contributed by atoms with Gasteiger partial charge in [0.15, 0.2) is 0 Å². The van der Waals surface area contributed by atoms with Gasteiger partial charge in [-0.25, -0.2) is 0 Å². The lowest BCUT2D eigenvalue weighted by atomic mass is 9.83. The first-order valence-electron chi connectivity index (χ1n) is 13.5. The van der Waals surface area contributed by atoms with E-state index >= 15 is 0 Å². The molecule has 1 aliphatic rings. The number of carbonyl (C=O) groups is 3. The predicted molar refractivity (Wildman–Crippen MR) is 156 cm³/mol. The second-order valence-electron chi connectivity index (χ2n) is 10.4. The van der Waals surface area contributed by atoms with Gasteiger partial charge in [0.2, 0.25) is 11.8 Å². The third kappa shape index (κ3) is 6.45. The van der Waals surface area contributed by atoms with Gasteiger partial charge in [-0.15, -0.1) is 0 Å². The molecule has 3 aromatic rings. The molecule has 8 heteroatoms. The van der Waals surface area contributed by atoms with E-state index in [4.69, 9.17) is 4.74 Å². The second kappa shape index (κ2) is 12.7. The summed E-state index contributed by atoms with van der Waals surface area (Å²) in [5.74, 6) is 0.148. The molecule has 0 bridgehead atoms. The highest BCUT2D eigenvalue weighted by Gasteiger charge is 2.48. The van der Waals surface area contributed by atoms with Crippen molar-refractivity contribution >= 4 is 23.4 Å². The van der Waals surface area contributed by atoms with Crippen LogP contribution in [0.3, 0.4) is 0 Å². The molecule has 8 nitrogen and oxygen atoms in total. The van der Waals surface area contributed by atoms with E-state index in [0.29, 0.717) is 43.8 Å². The molecule has 40 heavy (non-hydrogen) atoms. The molecular formula is C32H38N4O4. The number of rotatable bonds is 9. The smallest absolute Gasteiger partial charge is 0.255 e. The predicted octanol–water partition coefficient (Wildman–Crippen LogP) is 4.10. The summed E-state index contributed by atoms with van der Waals surface area (Å²) in [5.41, 5.74) is 2.26. The van der Waals surface area contributed by atoms with Gasteiger partial charge in [-0.2, -0.15) is 0 Å². The van der Waals surface area contributed by atoms with Gasteiger partial charge in [0.1, 0.15) is 11.3 Å². The number of methoxy groups -OCH3 is 1. The molecule has 1 heterocycles. The molecule has 3 amide bonds. The number of benzene rings is 3. The zero-order chi connectivity index (χ0) is 28.7. The van der Waals surface area contributed by atoms with Crippen LogP contribution in [0, 0.1) is 0 Å². The molecule has 210 valence electrons. The fourth-order valence-corrected chi connectivity index (χ4v) is 5.14. The van der Waals surface area contributed by atoms with Crippen molar-refractivity contribution in [2.45, 2.75) is 38.4 Å². The van der Waals surface area contributed by atoms with Crippen molar-refractivity contribution in [1.29, 1.82) is 0 Å². The Labute approximate surface area is 236 Å². The summed E-state index contributed by atoms with van der Waals surface area (Å²) in [7, 11) is 5.53. The largest absolute Gasteiger partial charge is 0.497 e. The Kier molecular flexibility index (Phi) is 9.09. The summed E-state index contributed by atoms with van der Waals surface area (Å²) in [6, 6.07) is 24.6. The number of nitrogens with one attached hydrogen (secondary N) is 1. The molecule has 0 aromatic heterocycles. The Morgan fingerprint density at radius 1 is 0.875 bits per heavy atom. The van der Waals surface area contributed by atoms with Gasteiger partial charge in [0, 0.05) is 58.4 Å². The fraction of sp³-hybridized carbons (Fsp3) is 0.344. The number of ether oxygens (including phenoxy) is 1. The highest BCUT2D eigenvalue weighted by atomic mass is 16.5. The van der Waals surface area contributed by atoms with Crippen LogP contribution in [0.5, 0.6) is 5.75 Å². The molecule has 0 spiro atoms. The Hall–Kier alpha value is -4.33. The van der Waals surface area contributed by atoms with E-state index in [1.54, 1.807) is 41.2 Å². The van der Waals surface area contributed by atoms with Gasteiger partial charge in [-0.05, 0) is 60.4 Å². The molecule has 0 atom stereocenters. The number of hydrogen-bond donors (Lipinski definition) is 1. The van der Waals surface area contributed by atoms with Crippen molar-refractivity contribution in [2.24, 2.45) is 0 Å². The van der Waals surface area contributed by atoms with Gasteiger partial charge in [0.05, 0.1) is 7.11 Å². The van der Waals surface area contributed by atoms with Gasteiger partial charge < -0.3 is 24.8 Å². The molecule has 0 saturated carbocycles. The SMILES string of the molecule is COc1ccc(C(=O)N(Cc2ccc(N(C)C)cc2)C2(C(=O)NCc3ccccc3)CCN(C(C)=O)CC2)cc1. The third-order valence-electron chi connectivity index (χ3n) is 7.65. The average molecular weight is 543 g/mol. The fourth-order valence-electron chi connectivity index (χ4n) is 5.14. The van der Waals surface area contributed by atoms with E-state index in [-0.39, 0.29) is 24.3 Å². The van der Waals surface area contributed by atoms with Crippen LogP contribution in [0.2, 0.25) is 0 Å². The van der Waals surface area contributed by atoms with Crippen LogP contribution in [0.25, 0.3) is 0 Å². The van der Waals surface area contributed by atoms with Crippen LogP contribution in [-0.4, -0.2) is 67.4 Å². The van der Waals surface area contributed by atoms with E-state index in [2.05, 4.69) is 5.32 Å². The molecule has 3 aromatic carbocycles. The lowest BCUT2D eigenvalue weighted by molar-refractivity contribution is -0.141. The van der Waals surface area contributed by atoms with Crippen molar-refractivity contribution in [1.82, 2.24) is 15.1 Å². The summed E-state index contributed by atoms with van der Waals surface area (Å²) >= 11 is 0. The minimum Gasteiger partial charge on any atom is -0.497 e. The Balaban J connectivity index is 1.73. The molecule has 0 aliphatic carbocycles. The number of carbonyl (C=O) groups excluding carboxylic acids is 3. The lowest BCUT2D eigenvalue weighted by Gasteiger charge is -2.47. The maximum atomic E-state index is 14.2. The van der Waals surface area contributed by atoms with Crippen LogP contribution in [-0.2, 0) is 22.7 Å². The molecule has 1 aliphatic heterocycles. The van der Waals surface area contributed by atoms with Gasteiger partial charge in [0.25, 0.3) is 5.91 Å². The summed E-state index contributed by atoms with van der Waals surface area (Å²) in [5, 5.41) is 3.11. The maximum Gasteiger partial charge on any atom is 0.255 e. The number of piperidine rings is 1. The quantitative estimate of drug-likeness (QED) is 0.440. The zero-order valence-electron chi connectivity index (χ0n) is 23.7. The minimum atomic E-state index is -1.14. The van der Waals surface area contributed by atoms with Gasteiger partial charge in [-0.3, -0.25) is 14.4 Å². The Morgan fingerprint density at radius 2 is 1.50 bits per heavy atom. The molecule has 1 N–H and O–H groups in total. The highest BCUT2D eigenvalue weighted by molar-refractivity contribution is 5.99. The normalized spacial score (nSPS) is 14.2. The van der Waals surface area contributed by atoms with Gasteiger partial charge >= 0.3 is 0 Å². The van der Waals surface area contributed by atoms with Crippen molar-refractivity contribution in [2.75, 3.05) is 39.2 Å². The van der Waals surface area contributed by atoms with Crippen LogP contribution in [0.15, 0.2) is 78.9 Å². The number of hydrogen-bond acceptors (Lipinski definition) is 5. The van der Waals surface area contributed by atoms with Gasteiger partial charge in [-0.1, -0.05) is 42.5 Å². The molecular weight excluding hydrogens is 504 g/mol. The van der Waals surface area contributed by atoms with Crippen LogP contribution < -0.4 is 15.0 Å². The van der Waals surface area contributed by atoms with Crippen LogP contribution in [0.4, 0.5) is 5.69 Å². The van der Waals surface area contributed by atoms with Crippen molar-refractivity contribution in [3.63, 3.8) is 0 Å². The molecule has 1 saturated heterocycles. The van der Waals surface area contributed by atoms with Crippen molar-refractivity contribution in [3.8, 4) is 5.75 Å². The number of likely N-dealkylation sites (tertiary alicyclic amines) is 1. The van der Waals surface area contributed by atoms with E-state index in [1.165, 1.54) is 6.92 Å². The first-order valence-corrected chi connectivity index (χ1v) is 13.5. The topological polar surface area (TPSA) is 82.2 Å². The summed E-state index contributed by atoms with van der Waals surface area (Å²) in [6.45, 7) is 2.91. The number of anilines is 1. The first kappa shape index (κ1) is 28.7. The third-order valence-corrected chi connectivity index (χ3v) is 7.65.